The molecule has 0 fully saturated rings. The summed E-state index contributed by atoms with van der Waals surface area (Å²) in [4.78, 5) is 12.6. The highest BCUT2D eigenvalue weighted by molar-refractivity contribution is 5.78. The molecular formula is C20H25NO3. The van der Waals surface area contributed by atoms with Crippen molar-refractivity contribution in [3.05, 3.63) is 71.8 Å². The summed E-state index contributed by atoms with van der Waals surface area (Å²) in [6.07, 6.45) is -0.0247. The average Bonchev–Trinajstić information content (AvgIpc) is 2.56. The molecule has 24 heavy (non-hydrogen) atoms. The van der Waals surface area contributed by atoms with Gasteiger partial charge in [-0.3, -0.25) is 4.79 Å². The van der Waals surface area contributed by atoms with Gasteiger partial charge in [0.15, 0.2) is 0 Å². The van der Waals surface area contributed by atoms with Crippen LogP contribution in [0.4, 0.5) is 0 Å². The molecule has 2 aromatic carbocycles. The third-order valence-electron chi connectivity index (χ3n) is 4.16. The first-order valence-corrected chi connectivity index (χ1v) is 8.01. The zero-order valence-corrected chi connectivity index (χ0v) is 14.5. The molecule has 2 rings (SSSR count). The number of carbonyl (C=O) groups excluding carboxylic acids is 1. The molecule has 2 atom stereocenters. The topological polar surface area (TPSA) is 58.6 Å². The number of amides is 1. The van der Waals surface area contributed by atoms with Gasteiger partial charge in [0.2, 0.25) is 5.91 Å². The summed E-state index contributed by atoms with van der Waals surface area (Å²) < 4.78 is 5.30. The minimum absolute atomic E-state index is 0.0247. The van der Waals surface area contributed by atoms with Crippen LogP contribution >= 0.6 is 0 Å². The molecular weight excluding hydrogens is 302 g/mol. The minimum Gasteiger partial charge on any atom is -0.385 e. The Morgan fingerprint density at radius 2 is 1.50 bits per heavy atom. The van der Waals surface area contributed by atoms with Gasteiger partial charge in [-0.1, -0.05) is 60.7 Å². The summed E-state index contributed by atoms with van der Waals surface area (Å²) in [6.45, 7) is 3.91. The van der Waals surface area contributed by atoms with E-state index in [9.17, 15) is 9.90 Å². The van der Waals surface area contributed by atoms with Gasteiger partial charge in [0, 0.05) is 7.11 Å². The molecule has 128 valence electrons. The van der Waals surface area contributed by atoms with Crippen molar-refractivity contribution in [2.45, 2.75) is 31.4 Å². The minimum atomic E-state index is -1.23. The number of rotatable bonds is 7. The van der Waals surface area contributed by atoms with E-state index in [0.717, 1.165) is 5.56 Å². The van der Waals surface area contributed by atoms with E-state index < -0.39 is 11.1 Å². The predicted octanol–water partition coefficient (Wildman–Crippen LogP) is 2.96. The van der Waals surface area contributed by atoms with Crippen LogP contribution in [-0.4, -0.2) is 24.7 Å². The van der Waals surface area contributed by atoms with Crippen molar-refractivity contribution in [1.29, 1.82) is 0 Å². The first kappa shape index (κ1) is 18.2. The fourth-order valence-electron chi connectivity index (χ4n) is 2.85. The summed E-state index contributed by atoms with van der Waals surface area (Å²) in [5.74, 6) is -0.229. The van der Waals surface area contributed by atoms with Crippen LogP contribution in [0.25, 0.3) is 0 Å². The molecule has 0 aromatic heterocycles. The molecule has 0 aliphatic rings. The molecule has 0 saturated carbocycles. The van der Waals surface area contributed by atoms with Crippen LogP contribution in [0.3, 0.4) is 0 Å². The van der Waals surface area contributed by atoms with Crippen LogP contribution in [0.15, 0.2) is 60.7 Å². The molecule has 0 spiro atoms. The van der Waals surface area contributed by atoms with Crippen LogP contribution in [0.1, 0.15) is 31.4 Å². The van der Waals surface area contributed by atoms with E-state index >= 15 is 0 Å². The van der Waals surface area contributed by atoms with E-state index in [1.54, 1.807) is 14.0 Å². The Hall–Kier alpha value is -2.17. The van der Waals surface area contributed by atoms with Gasteiger partial charge in [0.05, 0.1) is 24.2 Å². The van der Waals surface area contributed by atoms with Crippen LogP contribution in [-0.2, 0) is 20.7 Å². The van der Waals surface area contributed by atoms with E-state index in [1.807, 2.05) is 67.6 Å². The lowest BCUT2D eigenvalue weighted by Crippen LogP contribution is -2.48. The SMILES string of the molecule is COCC(C)(NC(=O)CC(C)(O)c1ccccc1)c1ccccc1. The van der Waals surface area contributed by atoms with E-state index in [1.165, 1.54) is 0 Å². The van der Waals surface area contributed by atoms with Gasteiger partial charge < -0.3 is 15.2 Å². The van der Waals surface area contributed by atoms with E-state index in [4.69, 9.17) is 4.74 Å². The van der Waals surface area contributed by atoms with Crippen LogP contribution in [0.5, 0.6) is 0 Å². The third kappa shape index (κ3) is 4.43. The van der Waals surface area contributed by atoms with Gasteiger partial charge in [-0.2, -0.15) is 0 Å². The standard InChI is InChI=1S/C20H25NO3/c1-19(15-24-3,16-10-6-4-7-11-16)21-18(22)14-20(2,23)17-12-8-5-9-13-17/h4-13,23H,14-15H2,1-3H3,(H,21,22). The second-order valence-electron chi connectivity index (χ2n) is 6.50. The monoisotopic (exact) mass is 327 g/mol. The fourth-order valence-corrected chi connectivity index (χ4v) is 2.85. The van der Waals surface area contributed by atoms with Crippen molar-refractivity contribution in [2.75, 3.05) is 13.7 Å². The van der Waals surface area contributed by atoms with Gasteiger partial charge in [0.25, 0.3) is 0 Å². The number of methoxy groups -OCH3 is 1. The predicted molar refractivity (Wildman–Crippen MR) is 94.4 cm³/mol. The summed E-state index contributed by atoms with van der Waals surface area (Å²) in [5, 5.41) is 13.7. The zero-order chi connectivity index (χ0) is 17.6. The fraction of sp³-hybridized carbons (Fsp3) is 0.350. The van der Waals surface area contributed by atoms with Crippen LogP contribution in [0.2, 0.25) is 0 Å². The van der Waals surface area contributed by atoms with Gasteiger partial charge in [-0.05, 0) is 25.0 Å². The lowest BCUT2D eigenvalue weighted by atomic mass is 9.89. The highest BCUT2D eigenvalue weighted by Crippen LogP contribution is 2.26. The molecule has 0 aliphatic carbocycles. The molecule has 1 amide bonds. The molecule has 2 aromatic rings. The molecule has 4 heteroatoms. The number of nitrogens with one attached hydrogen (secondary N) is 1. The quantitative estimate of drug-likeness (QED) is 0.822. The number of ether oxygens (including phenoxy) is 1. The van der Waals surface area contributed by atoms with Crippen molar-refractivity contribution < 1.29 is 14.6 Å². The summed E-state index contributed by atoms with van der Waals surface area (Å²) in [7, 11) is 1.60. The van der Waals surface area contributed by atoms with Crippen molar-refractivity contribution in [2.24, 2.45) is 0 Å². The molecule has 0 heterocycles. The van der Waals surface area contributed by atoms with Gasteiger partial charge in [-0.25, -0.2) is 0 Å². The van der Waals surface area contributed by atoms with Crippen LogP contribution in [0, 0.1) is 0 Å². The van der Waals surface area contributed by atoms with Crippen molar-refractivity contribution in [3.63, 3.8) is 0 Å². The number of benzene rings is 2. The first-order valence-electron chi connectivity index (χ1n) is 8.01. The maximum atomic E-state index is 12.6. The third-order valence-corrected chi connectivity index (χ3v) is 4.16. The average molecular weight is 327 g/mol. The maximum Gasteiger partial charge on any atom is 0.224 e. The van der Waals surface area contributed by atoms with E-state index in [2.05, 4.69) is 5.32 Å². The first-order chi connectivity index (χ1) is 11.4. The molecule has 0 aliphatic heterocycles. The second kappa shape index (κ2) is 7.60. The second-order valence-corrected chi connectivity index (χ2v) is 6.50. The summed E-state index contributed by atoms with van der Waals surface area (Å²) in [5.41, 5.74) is -0.205. The Bertz CT molecular complexity index is 655. The lowest BCUT2D eigenvalue weighted by Gasteiger charge is -2.32. The lowest BCUT2D eigenvalue weighted by molar-refractivity contribution is -0.128. The molecule has 2 N–H and O–H groups in total. The van der Waals surface area contributed by atoms with Crippen molar-refractivity contribution >= 4 is 5.91 Å². The highest BCUT2D eigenvalue weighted by atomic mass is 16.5. The normalized spacial score (nSPS) is 16.0. The van der Waals surface area contributed by atoms with Gasteiger partial charge in [0.1, 0.15) is 0 Å². The van der Waals surface area contributed by atoms with E-state index in [0.29, 0.717) is 12.2 Å². The number of hydrogen-bond acceptors (Lipinski definition) is 3. The zero-order valence-electron chi connectivity index (χ0n) is 14.5. The number of carbonyl (C=O) groups is 1. The summed E-state index contributed by atoms with van der Waals surface area (Å²) >= 11 is 0. The number of aliphatic hydroxyl groups is 1. The van der Waals surface area contributed by atoms with Gasteiger partial charge in [-0.15, -0.1) is 0 Å². The van der Waals surface area contributed by atoms with Gasteiger partial charge >= 0.3 is 0 Å². The van der Waals surface area contributed by atoms with Crippen molar-refractivity contribution in [3.8, 4) is 0 Å². The van der Waals surface area contributed by atoms with Crippen LogP contribution < -0.4 is 5.32 Å². The smallest absolute Gasteiger partial charge is 0.224 e. The maximum absolute atomic E-state index is 12.6. The molecule has 2 unspecified atom stereocenters. The molecule has 4 nitrogen and oxygen atoms in total. The molecule has 0 bridgehead atoms. The summed E-state index contributed by atoms with van der Waals surface area (Å²) in [6, 6.07) is 18.9. The molecule has 0 radical (unpaired) electrons. The Morgan fingerprint density at radius 1 is 1.00 bits per heavy atom. The van der Waals surface area contributed by atoms with E-state index in [-0.39, 0.29) is 12.3 Å². The Kier molecular flexibility index (Phi) is 5.75. The Morgan fingerprint density at radius 3 is 2.00 bits per heavy atom. The van der Waals surface area contributed by atoms with Crippen molar-refractivity contribution in [1.82, 2.24) is 5.32 Å². The largest absolute Gasteiger partial charge is 0.385 e. The highest BCUT2D eigenvalue weighted by Gasteiger charge is 2.32. The Labute approximate surface area is 143 Å². The Balaban J connectivity index is 2.14. The number of hydrogen-bond donors (Lipinski definition) is 2. The molecule has 0 saturated heterocycles.